The predicted molar refractivity (Wildman–Crippen MR) is 116 cm³/mol. The summed E-state index contributed by atoms with van der Waals surface area (Å²) in [6.07, 6.45) is 19.6. The zero-order valence-electron chi connectivity index (χ0n) is 17.7. The molecule has 1 aromatic rings. The molecule has 0 radical (unpaired) electrons. The molecule has 0 aromatic heterocycles. The van der Waals surface area contributed by atoms with Crippen LogP contribution in [0.15, 0.2) is 36.4 Å². The first-order chi connectivity index (χ1) is 13.3. The molecule has 0 spiro atoms. The molecular formula is C26H40O. The van der Waals surface area contributed by atoms with Crippen LogP contribution in [0.25, 0.3) is 0 Å². The van der Waals surface area contributed by atoms with Gasteiger partial charge in [0, 0.05) is 0 Å². The summed E-state index contributed by atoms with van der Waals surface area (Å²) in [5, 5.41) is 0. The van der Waals surface area contributed by atoms with Crippen molar-refractivity contribution < 1.29 is 4.74 Å². The van der Waals surface area contributed by atoms with Crippen LogP contribution in [0.2, 0.25) is 0 Å². The summed E-state index contributed by atoms with van der Waals surface area (Å²) in [6, 6.07) is 9.18. The minimum atomic E-state index is 0.740. The topological polar surface area (TPSA) is 9.23 Å². The Labute approximate surface area is 167 Å². The minimum absolute atomic E-state index is 0.740. The molecule has 2 atom stereocenters. The zero-order valence-corrected chi connectivity index (χ0v) is 17.7. The Morgan fingerprint density at radius 2 is 1.70 bits per heavy atom. The highest BCUT2D eigenvalue weighted by atomic mass is 16.5. The van der Waals surface area contributed by atoms with Crippen molar-refractivity contribution in [3.05, 3.63) is 42.0 Å². The maximum Gasteiger partial charge on any atom is 0.119 e. The van der Waals surface area contributed by atoms with Crippen LogP contribution < -0.4 is 4.74 Å². The molecule has 0 amide bonds. The van der Waals surface area contributed by atoms with E-state index >= 15 is 0 Å². The van der Waals surface area contributed by atoms with Crippen LogP contribution in [-0.4, -0.2) is 6.61 Å². The van der Waals surface area contributed by atoms with Crippen LogP contribution in [0, 0.1) is 17.8 Å². The number of hydrogen-bond donors (Lipinski definition) is 0. The summed E-state index contributed by atoms with van der Waals surface area (Å²) in [5.74, 6) is 4.52. The maximum absolute atomic E-state index is 5.90. The van der Waals surface area contributed by atoms with Crippen LogP contribution in [0.5, 0.6) is 5.75 Å². The van der Waals surface area contributed by atoms with Gasteiger partial charge in [0.25, 0.3) is 0 Å². The third kappa shape index (κ3) is 6.13. The number of benzene rings is 1. The summed E-state index contributed by atoms with van der Waals surface area (Å²) < 4.78 is 5.90. The second-order valence-electron chi connectivity index (χ2n) is 8.95. The van der Waals surface area contributed by atoms with E-state index < -0.39 is 0 Å². The molecule has 1 heteroatoms. The van der Waals surface area contributed by atoms with Crippen molar-refractivity contribution in [3.8, 4) is 5.75 Å². The largest absolute Gasteiger partial charge is 0.494 e. The summed E-state index contributed by atoms with van der Waals surface area (Å²) in [7, 11) is 0. The first kappa shape index (κ1) is 20.5. The van der Waals surface area contributed by atoms with Crippen molar-refractivity contribution in [3.63, 3.8) is 0 Å². The average Bonchev–Trinajstić information content (AvgIpc) is 2.74. The molecule has 0 aliphatic heterocycles. The second kappa shape index (κ2) is 10.9. The molecule has 150 valence electrons. The molecule has 0 bridgehead atoms. The van der Waals surface area contributed by atoms with Crippen LogP contribution in [0.4, 0.5) is 0 Å². The number of unbranched alkanes of at least 4 members (excludes halogenated alkanes) is 1. The van der Waals surface area contributed by atoms with Crippen molar-refractivity contribution in [1.82, 2.24) is 0 Å². The quantitative estimate of drug-likeness (QED) is 0.318. The van der Waals surface area contributed by atoms with Gasteiger partial charge in [0.2, 0.25) is 0 Å². The third-order valence-corrected chi connectivity index (χ3v) is 7.08. The van der Waals surface area contributed by atoms with Gasteiger partial charge in [-0.2, -0.15) is 0 Å². The molecule has 3 rings (SSSR count). The lowest BCUT2D eigenvalue weighted by molar-refractivity contribution is 0.215. The summed E-state index contributed by atoms with van der Waals surface area (Å²) in [4.78, 5) is 0. The van der Waals surface area contributed by atoms with Gasteiger partial charge in [0.1, 0.15) is 5.75 Å². The molecule has 0 N–H and O–H groups in total. The Bertz CT molecular complexity index is 550. The molecule has 1 saturated carbocycles. The Morgan fingerprint density at radius 3 is 2.33 bits per heavy atom. The van der Waals surface area contributed by atoms with E-state index in [1.165, 1.54) is 64.2 Å². The predicted octanol–water partition coefficient (Wildman–Crippen LogP) is 7.91. The van der Waals surface area contributed by atoms with E-state index in [1.807, 2.05) is 0 Å². The van der Waals surface area contributed by atoms with E-state index in [9.17, 15) is 0 Å². The summed E-state index contributed by atoms with van der Waals surface area (Å²) in [6.45, 7) is 5.42. The van der Waals surface area contributed by atoms with Gasteiger partial charge >= 0.3 is 0 Å². The van der Waals surface area contributed by atoms with Gasteiger partial charge < -0.3 is 4.74 Å². The monoisotopic (exact) mass is 368 g/mol. The van der Waals surface area contributed by atoms with E-state index in [0.29, 0.717) is 0 Å². The Morgan fingerprint density at radius 1 is 0.926 bits per heavy atom. The highest BCUT2D eigenvalue weighted by molar-refractivity contribution is 5.30. The fraction of sp³-hybridized carbons (Fsp3) is 0.692. The third-order valence-electron chi connectivity index (χ3n) is 7.08. The molecule has 0 saturated heterocycles. The molecule has 27 heavy (non-hydrogen) atoms. The molecule has 1 fully saturated rings. The average molecular weight is 369 g/mol. The maximum atomic E-state index is 5.90. The zero-order chi connectivity index (χ0) is 18.9. The van der Waals surface area contributed by atoms with Gasteiger partial charge in [-0.15, -0.1) is 0 Å². The smallest absolute Gasteiger partial charge is 0.119 e. The van der Waals surface area contributed by atoms with E-state index in [0.717, 1.165) is 42.4 Å². The number of ether oxygens (including phenoxy) is 1. The molecule has 2 unspecified atom stereocenters. The SMILES string of the molecule is CCCCOc1ccc(C(CC2CC=CCC2)C2CCC(CC)CC2)cc1. The van der Waals surface area contributed by atoms with Gasteiger partial charge in [-0.05, 0) is 86.3 Å². The lowest BCUT2D eigenvalue weighted by Crippen LogP contribution is -2.23. The van der Waals surface area contributed by atoms with Crippen molar-refractivity contribution in [2.24, 2.45) is 17.8 Å². The second-order valence-corrected chi connectivity index (χ2v) is 8.95. The molecule has 1 aromatic carbocycles. The van der Waals surface area contributed by atoms with Crippen LogP contribution in [0.3, 0.4) is 0 Å². The molecule has 0 heterocycles. The fourth-order valence-electron chi connectivity index (χ4n) is 5.17. The lowest BCUT2D eigenvalue weighted by atomic mass is 9.69. The van der Waals surface area contributed by atoms with Crippen molar-refractivity contribution >= 4 is 0 Å². The Hall–Kier alpha value is -1.24. The van der Waals surface area contributed by atoms with E-state index in [1.54, 1.807) is 5.56 Å². The normalized spacial score (nSPS) is 26.7. The molecular weight excluding hydrogens is 328 g/mol. The minimum Gasteiger partial charge on any atom is -0.494 e. The highest BCUT2D eigenvalue weighted by Gasteiger charge is 2.30. The number of hydrogen-bond acceptors (Lipinski definition) is 1. The Kier molecular flexibility index (Phi) is 8.30. The summed E-state index contributed by atoms with van der Waals surface area (Å²) in [5.41, 5.74) is 1.56. The standard InChI is InChI=1S/C26H40O/c1-3-5-19-27-25-17-15-24(16-18-25)26(20-22-9-7-6-8-10-22)23-13-11-21(4-2)12-14-23/h6-7,15-18,21-23,26H,3-5,8-14,19-20H2,1-2H3. The van der Waals surface area contributed by atoms with E-state index in [2.05, 4.69) is 50.3 Å². The first-order valence-electron chi connectivity index (χ1n) is 11.7. The number of allylic oxidation sites excluding steroid dienone is 2. The van der Waals surface area contributed by atoms with Crippen molar-refractivity contribution in [2.75, 3.05) is 6.61 Å². The van der Waals surface area contributed by atoms with Crippen LogP contribution in [0.1, 0.15) is 96.0 Å². The Balaban J connectivity index is 1.67. The van der Waals surface area contributed by atoms with Gasteiger partial charge in [-0.1, -0.05) is 63.8 Å². The van der Waals surface area contributed by atoms with Crippen molar-refractivity contribution in [1.29, 1.82) is 0 Å². The summed E-state index contributed by atoms with van der Waals surface area (Å²) >= 11 is 0. The van der Waals surface area contributed by atoms with Gasteiger partial charge in [0.05, 0.1) is 6.61 Å². The highest BCUT2D eigenvalue weighted by Crippen LogP contribution is 2.43. The van der Waals surface area contributed by atoms with E-state index in [4.69, 9.17) is 4.74 Å². The van der Waals surface area contributed by atoms with E-state index in [-0.39, 0.29) is 0 Å². The molecule has 2 aliphatic rings. The van der Waals surface area contributed by atoms with Gasteiger partial charge in [0.15, 0.2) is 0 Å². The first-order valence-corrected chi connectivity index (χ1v) is 11.7. The fourth-order valence-corrected chi connectivity index (χ4v) is 5.17. The number of rotatable bonds is 9. The lowest BCUT2D eigenvalue weighted by Gasteiger charge is -2.36. The molecule has 1 nitrogen and oxygen atoms in total. The molecule has 2 aliphatic carbocycles. The van der Waals surface area contributed by atoms with Gasteiger partial charge in [-0.25, -0.2) is 0 Å². The van der Waals surface area contributed by atoms with Gasteiger partial charge in [-0.3, -0.25) is 0 Å². The van der Waals surface area contributed by atoms with Crippen LogP contribution in [-0.2, 0) is 0 Å². The van der Waals surface area contributed by atoms with Crippen molar-refractivity contribution in [2.45, 2.75) is 90.4 Å². The van der Waals surface area contributed by atoms with Crippen LogP contribution >= 0.6 is 0 Å².